The van der Waals surface area contributed by atoms with Crippen LogP contribution in [0.5, 0.6) is 0 Å². The highest BCUT2D eigenvalue weighted by molar-refractivity contribution is 7.11. The molecule has 0 saturated carbocycles. The van der Waals surface area contributed by atoms with Crippen molar-refractivity contribution in [1.82, 2.24) is 4.98 Å². The van der Waals surface area contributed by atoms with E-state index >= 15 is 0 Å². The van der Waals surface area contributed by atoms with Gasteiger partial charge in [-0.25, -0.2) is 4.98 Å². The first-order valence-electron chi connectivity index (χ1n) is 6.04. The van der Waals surface area contributed by atoms with Gasteiger partial charge in [0.1, 0.15) is 0 Å². The van der Waals surface area contributed by atoms with Crippen LogP contribution < -0.4 is 0 Å². The summed E-state index contributed by atoms with van der Waals surface area (Å²) < 4.78 is 37.4. The highest BCUT2D eigenvalue weighted by Crippen LogP contribution is 2.35. The Morgan fingerprint density at radius 3 is 2.60 bits per heavy atom. The number of nitrogens with zero attached hydrogens (tertiary/aromatic N) is 1. The highest BCUT2D eigenvalue weighted by Gasteiger charge is 2.35. The summed E-state index contributed by atoms with van der Waals surface area (Å²) in [7, 11) is 0. The molecule has 1 atom stereocenters. The van der Waals surface area contributed by atoms with E-state index in [4.69, 9.17) is 0 Å². The molecule has 2 rings (SSSR count). The predicted molar refractivity (Wildman–Crippen MR) is 71.7 cm³/mol. The van der Waals surface area contributed by atoms with Gasteiger partial charge in [0.15, 0.2) is 5.01 Å². The summed E-state index contributed by atoms with van der Waals surface area (Å²) in [6.45, 7) is 3.85. The number of alkyl halides is 3. The molecule has 108 valence electrons. The Morgan fingerprint density at radius 2 is 2.00 bits per heavy atom. The molecule has 0 amide bonds. The van der Waals surface area contributed by atoms with Crippen LogP contribution in [-0.4, -0.2) is 10.1 Å². The Balaban J connectivity index is 2.18. The van der Waals surface area contributed by atoms with Crippen molar-refractivity contribution < 1.29 is 18.3 Å². The molecule has 1 heterocycles. The molecule has 0 aliphatic heterocycles. The molecular weight excluding hydrogens is 287 g/mol. The third-order valence-electron chi connectivity index (χ3n) is 3.01. The average molecular weight is 301 g/mol. The maximum absolute atomic E-state index is 12.5. The van der Waals surface area contributed by atoms with E-state index in [-0.39, 0.29) is 11.3 Å². The smallest absolute Gasteiger partial charge is 0.387 e. The van der Waals surface area contributed by atoms with Crippen molar-refractivity contribution in [2.75, 3.05) is 0 Å². The zero-order chi connectivity index (χ0) is 14.9. The number of aryl methyl sites for hydroxylation is 2. The molecule has 0 radical (unpaired) electrons. The molecule has 0 bridgehead atoms. The summed E-state index contributed by atoms with van der Waals surface area (Å²) in [6, 6.07) is 5.83. The Hall–Kier alpha value is -1.40. The number of aliphatic hydroxyl groups is 1. The topological polar surface area (TPSA) is 33.1 Å². The summed E-state index contributed by atoms with van der Waals surface area (Å²) in [5.41, 5.74) is 2.99. The first-order valence-corrected chi connectivity index (χ1v) is 6.86. The molecule has 0 saturated heterocycles. The number of hydrogen-bond acceptors (Lipinski definition) is 3. The number of hydrogen-bond donors (Lipinski definition) is 1. The van der Waals surface area contributed by atoms with Crippen molar-refractivity contribution in [3.63, 3.8) is 0 Å². The van der Waals surface area contributed by atoms with Crippen molar-refractivity contribution in [1.29, 1.82) is 0 Å². The van der Waals surface area contributed by atoms with Crippen molar-refractivity contribution in [3.05, 3.63) is 51.0 Å². The number of aliphatic hydroxyl groups excluding tert-OH is 1. The van der Waals surface area contributed by atoms with Crippen LogP contribution in [0, 0.1) is 13.8 Å². The zero-order valence-electron chi connectivity index (χ0n) is 11.0. The first kappa shape index (κ1) is 15.0. The largest absolute Gasteiger partial charge is 0.443 e. The van der Waals surface area contributed by atoms with Gasteiger partial charge in [-0.1, -0.05) is 23.8 Å². The molecule has 2 nitrogen and oxygen atoms in total. The fraction of sp³-hybridized carbons (Fsp3) is 0.357. The fourth-order valence-corrected chi connectivity index (χ4v) is 2.67. The van der Waals surface area contributed by atoms with E-state index in [0.717, 1.165) is 22.9 Å². The van der Waals surface area contributed by atoms with E-state index < -0.39 is 17.3 Å². The molecule has 2 aromatic rings. The van der Waals surface area contributed by atoms with Crippen LogP contribution in [0.3, 0.4) is 0 Å². The van der Waals surface area contributed by atoms with Gasteiger partial charge in [0.2, 0.25) is 0 Å². The lowest BCUT2D eigenvalue weighted by Gasteiger charge is -2.11. The number of benzene rings is 1. The van der Waals surface area contributed by atoms with E-state index in [9.17, 15) is 18.3 Å². The van der Waals surface area contributed by atoms with Gasteiger partial charge >= 0.3 is 6.18 Å². The maximum atomic E-state index is 12.5. The van der Waals surface area contributed by atoms with Gasteiger partial charge in [-0.05, 0) is 25.0 Å². The van der Waals surface area contributed by atoms with E-state index in [1.54, 1.807) is 0 Å². The summed E-state index contributed by atoms with van der Waals surface area (Å²) in [5, 5.41) is 9.15. The molecule has 20 heavy (non-hydrogen) atoms. The van der Waals surface area contributed by atoms with Crippen molar-refractivity contribution >= 4 is 11.3 Å². The number of thiazole rings is 1. The third kappa shape index (κ3) is 3.37. The summed E-state index contributed by atoms with van der Waals surface area (Å²) in [6.07, 6.45) is -4.04. The molecular formula is C14H14F3NOS. The molecule has 1 unspecified atom stereocenters. The van der Waals surface area contributed by atoms with E-state index in [1.165, 1.54) is 0 Å². The van der Waals surface area contributed by atoms with Crippen molar-refractivity contribution in [2.24, 2.45) is 0 Å². The van der Waals surface area contributed by atoms with Gasteiger partial charge in [0.25, 0.3) is 0 Å². The molecule has 1 aromatic carbocycles. The molecule has 6 heteroatoms. The van der Waals surface area contributed by atoms with E-state index in [0.29, 0.717) is 11.3 Å². The Bertz CT molecular complexity index is 607. The minimum absolute atomic E-state index is 0.234. The summed E-state index contributed by atoms with van der Waals surface area (Å²) in [5.74, 6) is 0. The second-order valence-corrected chi connectivity index (χ2v) is 5.78. The molecule has 0 spiro atoms. The van der Waals surface area contributed by atoms with Gasteiger partial charge < -0.3 is 5.11 Å². The molecule has 0 aliphatic carbocycles. The van der Waals surface area contributed by atoms with Crippen LogP contribution in [0.4, 0.5) is 13.2 Å². The average Bonchev–Trinajstić information content (AvgIpc) is 2.83. The molecule has 0 aliphatic rings. The summed E-state index contributed by atoms with van der Waals surface area (Å²) >= 11 is 0.491. The highest BCUT2D eigenvalue weighted by atomic mass is 32.1. The normalized spacial score (nSPS) is 13.5. The molecule has 1 N–H and O–H groups in total. The Morgan fingerprint density at radius 1 is 1.30 bits per heavy atom. The third-order valence-corrected chi connectivity index (χ3v) is 4.16. The SMILES string of the molecule is Cc1ccc(C)c(CC(O)c2cnc(C(F)(F)F)s2)c1. The van der Waals surface area contributed by atoms with Gasteiger partial charge in [-0.3, -0.25) is 0 Å². The van der Waals surface area contributed by atoms with Crippen molar-refractivity contribution in [2.45, 2.75) is 32.5 Å². The van der Waals surface area contributed by atoms with Crippen LogP contribution in [-0.2, 0) is 12.6 Å². The van der Waals surface area contributed by atoms with Crippen LogP contribution in [0.15, 0.2) is 24.4 Å². The lowest BCUT2D eigenvalue weighted by atomic mass is 10.00. The van der Waals surface area contributed by atoms with Crippen LogP contribution in [0.1, 0.15) is 32.7 Å². The predicted octanol–water partition coefficient (Wildman–Crippen LogP) is 4.05. The van der Waals surface area contributed by atoms with Crippen LogP contribution >= 0.6 is 11.3 Å². The van der Waals surface area contributed by atoms with Crippen LogP contribution in [0.25, 0.3) is 0 Å². The lowest BCUT2D eigenvalue weighted by Crippen LogP contribution is -2.03. The Kier molecular flexibility index (Phi) is 4.15. The van der Waals surface area contributed by atoms with Gasteiger partial charge in [0.05, 0.1) is 11.0 Å². The number of halogens is 3. The quantitative estimate of drug-likeness (QED) is 0.927. The molecule has 0 fully saturated rings. The Labute approximate surface area is 118 Å². The summed E-state index contributed by atoms with van der Waals surface area (Å²) in [4.78, 5) is 3.56. The van der Waals surface area contributed by atoms with Gasteiger partial charge in [-0.2, -0.15) is 13.2 Å². The van der Waals surface area contributed by atoms with Gasteiger partial charge in [-0.15, -0.1) is 11.3 Å². The molecule has 1 aromatic heterocycles. The zero-order valence-corrected chi connectivity index (χ0v) is 11.8. The second kappa shape index (κ2) is 5.54. The number of aromatic nitrogens is 1. The van der Waals surface area contributed by atoms with Crippen molar-refractivity contribution in [3.8, 4) is 0 Å². The standard InChI is InChI=1S/C14H14F3NOS/c1-8-3-4-9(2)10(5-8)6-11(19)12-7-18-13(20-12)14(15,16)17/h3-5,7,11,19H,6H2,1-2H3. The maximum Gasteiger partial charge on any atom is 0.443 e. The first-order chi connectivity index (χ1) is 9.27. The fourth-order valence-electron chi connectivity index (χ4n) is 1.90. The minimum atomic E-state index is -4.46. The van der Waals surface area contributed by atoms with E-state index in [1.807, 2.05) is 32.0 Å². The van der Waals surface area contributed by atoms with Crippen LogP contribution in [0.2, 0.25) is 0 Å². The second-order valence-electron chi connectivity index (χ2n) is 4.72. The van der Waals surface area contributed by atoms with Gasteiger partial charge in [0, 0.05) is 12.6 Å². The lowest BCUT2D eigenvalue weighted by molar-refractivity contribution is -0.137. The minimum Gasteiger partial charge on any atom is -0.387 e. The van der Waals surface area contributed by atoms with E-state index in [2.05, 4.69) is 4.98 Å². The monoisotopic (exact) mass is 301 g/mol. The number of rotatable bonds is 3.